The van der Waals surface area contributed by atoms with Crippen LogP contribution in [-0.4, -0.2) is 32.6 Å². The normalized spacial score (nSPS) is 15.3. The van der Waals surface area contributed by atoms with E-state index < -0.39 is 6.04 Å². The van der Waals surface area contributed by atoms with Gasteiger partial charge in [0.1, 0.15) is 12.6 Å². The predicted molar refractivity (Wildman–Crippen MR) is 116 cm³/mol. The fraction of sp³-hybridized carbons (Fsp3) is 0.304. The molecule has 1 atom stereocenters. The second-order valence-corrected chi connectivity index (χ2v) is 7.42. The van der Waals surface area contributed by atoms with Crippen molar-refractivity contribution in [1.82, 2.24) is 20.2 Å². The van der Waals surface area contributed by atoms with Crippen LogP contribution in [0.15, 0.2) is 53.7 Å². The molecule has 0 aliphatic carbocycles. The first-order chi connectivity index (χ1) is 15.0. The molecule has 0 saturated heterocycles. The smallest absolute Gasteiger partial charge is 0.248 e. The molecule has 0 bridgehead atoms. The second kappa shape index (κ2) is 8.59. The third-order valence-corrected chi connectivity index (χ3v) is 5.32. The van der Waals surface area contributed by atoms with Gasteiger partial charge in [0.05, 0.1) is 6.61 Å². The van der Waals surface area contributed by atoms with Crippen LogP contribution >= 0.6 is 0 Å². The topological polar surface area (TPSA) is 91.2 Å². The lowest BCUT2D eigenvalue weighted by Crippen LogP contribution is -2.27. The molecule has 1 N–H and O–H groups in total. The minimum Gasteiger partial charge on any atom is -0.490 e. The van der Waals surface area contributed by atoms with Crippen molar-refractivity contribution in [3.8, 4) is 11.5 Å². The van der Waals surface area contributed by atoms with Gasteiger partial charge >= 0.3 is 0 Å². The molecule has 8 nitrogen and oxygen atoms in total. The molecule has 1 aromatic heterocycles. The molecular weight excluding hydrogens is 394 g/mol. The summed E-state index contributed by atoms with van der Waals surface area (Å²) in [4.78, 5) is 12.5. The van der Waals surface area contributed by atoms with Crippen molar-refractivity contribution < 1.29 is 14.3 Å². The molecule has 1 unspecified atom stereocenters. The van der Waals surface area contributed by atoms with E-state index in [0.29, 0.717) is 36.2 Å². The number of nitrogens with zero attached hydrogens (tertiary/aromatic N) is 4. The van der Waals surface area contributed by atoms with Gasteiger partial charge in [0.2, 0.25) is 5.95 Å². The van der Waals surface area contributed by atoms with E-state index in [1.807, 2.05) is 50.2 Å². The molecule has 160 valence electrons. The van der Waals surface area contributed by atoms with Gasteiger partial charge in [0, 0.05) is 11.3 Å². The second-order valence-electron chi connectivity index (χ2n) is 7.42. The van der Waals surface area contributed by atoms with Gasteiger partial charge < -0.3 is 14.8 Å². The summed E-state index contributed by atoms with van der Waals surface area (Å²) < 4.78 is 13.6. The molecule has 0 spiro atoms. The van der Waals surface area contributed by atoms with E-state index in [2.05, 4.69) is 33.8 Å². The molecule has 1 aliphatic rings. The highest BCUT2D eigenvalue weighted by molar-refractivity contribution is 5.96. The minimum absolute atomic E-state index is 0.0472. The number of fused-ring (bicyclic) bond motifs is 1. The summed E-state index contributed by atoms with van der Waals surface area (Å²) in [5, 5.41) is 15.0. The number of ether oxygens (including phenoxy) is 2. The molecule has 3 aromatic rings. The van der Waals surface area contributed by atoms with E-state index in [4.69, 9.17) is 9.47 Å². The fourth-order valence-corrected chi connectivity index (χ4v) is 3.79. The molecule has 8 heteroatoms. The maximum atomic E-state index is 12.5. The summed E-state index contributed by atoms with van der Waals surface area (Å²) in [5.41, 5.74) is 4.47. The Morgan fingerprint density at radius 1 is 1.13 bits per heavy atom. The van der Waals surface area contributed by atoms with Crippen molar-refractivity contribution in [2.45, 2.75) is 40.3 Å². The number of carbonyl (C=O) groups excluding carboxylic acids is 1. The number of rotatable bonds is 7. The van der Waals surface area contributed by atoms with Crippen molar-refractivity contribution in [2.75, 3.05) is 11.9 Å². The number of benzene rings is 2. The van der Waals surface area contributed by atoms with E-state index in [-0.39, 0.29) is 5.78 Å². The lowest BCUT2D eigenvalue weighted by atomic mass is 9.93. The SMILES string of the molecule is CCOc1cc(C2C(C(C)=O)=C(C)Nc3nnnn32)ccc1OCc1ccccc1C. The van der Waals surface area contributed by atoms with Crippen molar-refractivity contribution in [3.05, 3.63) is 70.4 Å². The number of aryl methyl sites for hydroxylation is 1. The van der Waals surface area contributed by atoms with Crippen molar-refractivity contribution in [3.63, 3.8) is 0 Å². The first-order valence-electron chi connectivity index (χ1n) is 10.2. The van der Waals surface area contributed by atoms with E-state index in [0.717, 1.165) is 16.8 Å². The van der Waals surface area contributed by atoms with E-state index >= 15 is 0 Å². The maximum Gasteiger partial charge on any atom is 0.248 e. The largest absolute Gasteiger partial charge is 0.490 e. The summed E-state index contributed by atoms with van der Waals surface area (Å²) in [7, 11) is 0. The molecular formula is C23H25N5O3. The number of tetrazole rings is 1. The average molecular weight is 419 g/mol. The number of hydrogen-bond acceptors (Lipinski definition) is 7. The van der Waals surface area contributed by atoms with Crippen LogP contribution in [0.1, 0.15) is 43.5 Å². The summed E-state index contributed by atoms with van der Waals surface area (Å²) in [6.07, 6.45) is 0. The molecule has 4 rings (SSSR count). The summed E-state index contributed by atoms with van der Waals surface area (Å²) in [6.45, 7) is 8.31. The fourth-order valence-electron chi connectivity index (χ4n) is 3.79. The zero-order chi connectivity index (χ0) is 22.0. The predicted octanol–water partition coefficient (Wildman–Crippen LogP) is 3.84. The lowest BCUT2D eigenvalue weighted by molar-refractivity contribution is -0.114. The van der Waals surface area contributed by atoms with Crippen molar-refractivity contribution >= 4 is 11.7 Å². The van der Waals surface area contributed by atoms with Crippen molar-refractivity contribution in [2.24, 2.45) is 0 Å². The summed E-state index contributed by atoms with van der Waals surface area (Å²) in [6, 6.07) is 13.4. The van der Waals surface area contributed by atoms with Gasteiger partial charge in [-0.25, -0.2) is 0 Å². The Labute approximate surface area is 180 Å². The Kier molecular flexibility index (Phi) is 5.70. The highest BCUT2D eigenvalue weighted by atomic mass is 16.5. The van der Waals surface area contributed by atoms with Crippen LogP contribution < -0.4 is 14.8 Å². The van der Waals surface area contributed by atoms with Gasteiger partial charge in [-0.15, -0.1) is 0 Å². The van der Waals surface area contributed by atoms with Crippen LogP contribution in [0, 0.1) is 6.92 Å². The van der Waals surface area contributed by atoms with E-state index in [9.17, 15) is 4.79 Å². The molecule has 1 aliphatic heterocycles. The zero-order valence-electron chi connectivity index (χ0n) is 18.0. The third kappa shape index (κ3) is 4.01. The molecule has 2 aromatic carbocycles. The lowest BCUT2D eigenvalue weighted by Gasteiger charge is -2.27. The van der Waals surface area contributed by atoms with Crippen LogP contribution in [0.2, 0.25) is 0 Å². The Hall–Kier alpha value is -3.68. The van der Waals surface area contributed by atoms with Crippen LogP contribution in [-0.2, 0) is 11.4 Å². The van der Waals surface area contributed by atoms with E-state index in [1.165, 1.54) is 5.56 Å². The quantitative estimate of drug-likeness (QED) is 0.622. The molecule has 2 heterocycles. The Balaban J connectivity index is 1.70. The molecule has 0 saturated carbocycles. The van der Waals surface area contributed by atoms with Crippen LogP contribution in [0.5, 0.6) is 11.5 Å². The maximum absolute atomic E-state index is 12.5. The van der Waals surface area contributed by atoms with Gasteiger partial charge in [-0.1, -0.05) is 35.4 Å². The zero-order valence-corrected chi connectivity index (χ0v) is 18.0. The number of allylic oxidation sites excluding steroid dienone is 2. The monoisotopic (exact) mass is 419 g/mol. The van der Waals surface area contributed by atoms with Gasteiger partial charge in [-0.2, -0.15) is 4.68 Å². The number of Topliss-reactive ketones (excluding diaryl/α,β-unsaturated/α-hetero) is 1. The summed E-state index contributed by atoms with van der Waals surface area (Å²) >= 11 is 0. The molecule has 31 heavy (non-hydrogen) atoms. The van der Waals surface area contributed by atoms with Crippen LogP contribution in [0.4, 0.5) is 5.95 Å². The first kappa shape index (κ1) is 20.6. The van der Waals surface area contributed by atoms with Gasteiger partial charge in [0.25, 0.3) is 0 Å². The first-order valence-corrected chi connectivity index (χ1v) is 10.2. The highest BCUT2D eigenvalue weighted by Crippen LogP contribution is 2.38. The Morgan fingerprint density at radius 3 is 2.68 bits per heavy atom. The van der Waals surface area contributed by atoms with Crippen LogP contribution in [0.25, 0.3) is 0 Å². The van der Waals surface area contributed by atoms with Crippen LogP contribution in [0.3, 0.4) is 0 Å². The summed E-state index contributed by atoms with van der Waals surface area (Å²) in [5.74, 6) is 1.70. The third-order valence-electron chi connectivity index (χ3n) is 5.32. The number of anilines is 1. The highest BCUT2D eigenvalue weighted by Gasteiger charge is 2.32. The number of ketones is 1. The number of aromatic nitrogens is 4. The van der Waals surface area contributed by atoms with Crippen molar-refractivity contribution in [1.29, 1.82) is 0 Å². The standard InChI is InChI=1S/C23H25N5O3/c1-5-30-20-12-17(10-11-19(20)31-13-18-9-7-6-8-14(18)2)22-21(16(4)29)15(3)24-23-25-26-27-28(22)23/h6-12,22H,5,13H2,1-4H3,(H,24,25,27). The van der Waals surface area contributed by atoms with Gasteiger partial charge in [-0.3, -0.25) is 4.79 Å². The molecule has 0 radical (unpaired) electrons. The molecule has 0 fully saturated rings. The minimum atomic E-state index is -0.451. The Bertz CT molecular complexity index is 1150. The Morgan fingerprint density at radius 2 is 1.94 bits per heavy atom. The number of hydrogen-bond donors (Lipinski definition) is 1. The number of nitrogens with one attached hydrogen (secondary N) is 1. The van der Waals surface area contributed by atoms with Gasteiger partial charge in [0.15, 0.2) is 17.3 Å². The molecule has 0 amide bonds. The average Bonchev–Trinajstić information content (AvgIpc) is 3.21. The number of carbonyl (C=O) groups is 1. The van der Waals surface area contributed by atoms with E-state index in [1.54, 1.807) is 11.6 Å². The van der Waals surface area contributed by atoms with Gasteiger partial charge in [-0.05, 0) is 66.9 Å².